The van der Waals surface area contributed by atoms with Crippen molar-refractivity contribution in [2.45, 2.75) is 6.54 Å². The summed E-state index contributed by atoms with van der Waals surface area (Å²) in [7, 11) is 3.04. The number of likely N-dealkylation sites (N-methyl/N-ethyl adjacent to an activating group) is 1. The molecule has 0 unspecified atom stereocenters. The van der Waals surface area contributed by atoms with Crippen molar-refractivity contribution < 1.29 is 14.3 Å². The third kappa shape index (κ3) is 3.34. The minimum atomic E-state index is -0.370. The molecule has 0 atom stereocenters. The van der Waals surface area contributed by atoms with Gasteiger partial charge < -0.3 is 20.5 Å². The van der Waals surface area contributed by atoms with Gasteiger partial charge in [-0.3, -0.25) is 14.2 Å². The number of nitrogens with two attached hydrogens (primary N) is 1. The highest BCUT2D eigenvalue weighted by atomic mass is 16.5. The van der Waals surface area contributed by atoms with E-state index in [0.29, 0.717) is 29.9 Å². The van der Waals surface area contributed by atoms with Crippen LogP contribution in [0.1, 0.15) is 0 Å². The van der Waals surface area contributed by atoms with Crippen molar-refractivity contribution in [1.82, 2.24) is 14.9 Å². The maximum atomic E-state index is 12.5. The number of hydrogen-bond acceptors (Lipinski definition) is 6. The first-order chi connectivity index (χ1) is 10.6. The first-order valence-corrected chi connectivity index (χ1v) is 6.68. The Bertz CT molecular complexity index is 741. The van der Waals surface area contributed by atoms with E-state index in [1.807, 2.05) is 0 Å². The maximum Gasteiger partial charge on any atom is 0.294 e. The highest BCUT2D eigenvalue weighted by Gasteiger charge is 2.12. The summed E-state index contributed by atoms with van der Waals surface area (Å²) in [6, 6.07) is 3.23. The fraction of sp³-hybridized carbons (Fsp3) is 0.357. The summed E-state index contributed by atoms with van der Waals surface area (Å²) in [4.78, 5) is 27.9. The highest BCUT2D eigenvalue weighted by molar-refractivity contribution is 5.80. The van der Waals surface area contributed by atoms with Crippen molar-refractivity contribution in [1.29, 1.82) is 0 Å². The second-order valence-corrected chi connectivity index (χ2v) is 4.60. The summed E-state index contributed by atoms with van der Waals surface area (Å²) in [5.74, 6) is -0.256. The predicted molar refractivity (Wildman–Crippen MR) is 81.9 cm³/mol. The van der Waals surface area contributed by atoms with Crippen LogP contribution < -0.4 is 21.3 Å². The zero-order valence-corrected chi connectivity index (χ0v) is 12.5. The van der Waals surface area contributed by atoms with Gasteiger partial charge in [-0.2, -0.15) is 0 Å². The molecule has 0 bridgehead atoms. The van der Waals surface area contributed by atoms with E-state index in [2.05, 4.69) is 10.3 Å². The summed E-state index contributed by atoms with van der Waals surface area (Å²) >= 11 is 0. The zero-order chi connectivity index (χ0) is 16.1. The molecule has 0 spiro atoms. The van der Waals surface area contributed by atoms with Crippen LogP contribution in [0, 0.1) is 0 Å². The number of fused-ring (bicyclic) bond motifs is 1. The van der Waals surface area contributed by atoms with E-state index in [1.165, 1.54) is 23.9 Å². The van der Waals surface area contributed by atoms with E-state index in [0.717, 1.165) is 0 Å². The number of anilines is 1. The summed E-state index contributed by atoms with van der Waals surface area (Å²) < 4.78 is 11.8. The predicted octanol–water partition coefficient (Wildman–Crippen LogP) is -0.250. The molecule has 2 heterocycles. The summed E-state index contributed by atoms with van der Waals surface area (Å²) in [6.45, 7) is 0.428. The van der Waals surface area contributed by atoms with Gasteiger partial charge in [0.05, 0.1) is 25.0 Å². The molecule has 2 rings (SSSR count). The third-order valence-electron chi connectivity index (χ3n) is 3.07. The summed E-state index contributed by atoms with van der Waals surface area (Å²) in [5.41, 5.74) is 6.32. The number of pyridine rings is 2. The number of nitrogens with one attached hydrogen (secondary N) is 1. The number of methoxy groups -OCH3 is 1. The molecule has 2 aromatic rings. The molecule has 0 saturated carbocycles. The number of nitrogen functional groups attached to an aromatic ring is 1. The lowest BCUT2D eigenvalue weighted by Gasteiger charge is -2.12. The molecule has 0 radical (unpaired) electrons. The number of carbonyl (C=O) groups is 1. The normalized spacial score (nSPS) is 10.6. The lowest BCUT2D eigenvalue weighted by Crippen LogP contribution is -2.29. The van der Waals surface area contributed by atoms with Crippen molar-refractivity contribution in [2.75, 3.05) is 33.1 Å². The Morgan fingerprint density at radius 2 is 2.23 bits per heavy atom. The van der Waals surface area contributed by atoms with Gasteiger partial charge in [0.1, 0.15) is 5.65 Å². The Morgan fingerprint density at radius 1 is 1.45 bits per heavy atom. The smallest absolute Gasteiger partial charge is 0.294 e. The van der Waals surface area contributed by atoms with Gasteiger partial charge in [-0.15, -0.1) is 0 Å². The van der Waals surface area contributed by atoms with Gasteiger partial charge in [0.25, 0.3) is 11.5 Å². The van der Waals surface area contributed by atoms with Crippen molar-refractivity contribution in [3.05, 3.63) is 28.7 Å². The number of amides is 1. The van der Waals surface area contributed by atoms with Crippen LogP contribution in [0.25, 0.3) is 11.0 Å². The molecule has 22 heavy (non-hydrogen) atoms. The first kappa shape index (κ1) is 15.8. The van der Waals surface area contributed by atoms with Gasteiger partial charge in [0.15, 0.2) is 12.4 Å². The molecule has 0 aliphatic heterocycles. The maximum absolute atomic E-state index is 12.5. The lowest BCUT2D eigenvalue weighted by atomic mass is 10.2. The van der Waals surface area contributed by atoms with Gasteiger partial charge in [0, 0.05) is 19.5 Å². The zero-order valence-electron chi connectivity index (χ0n) is 12.5. The Hall–Kier alpha value is -2.61. The molecule has 8 nitrogen and oxygen atoms in total. The number of rotatable bonds is 6. The van der Waals surface area contributed by atoms with E-state index >= 15 is 0 Å². The van der Waals surface area contributed by atoms with Crippen molar-refractivity contribution in [3.63, 3.8) is 0 Å². The number of nitrogens with zero attached hydrogens (tertiary/aromatic N) is 2. The van der Waals surface area contributed by atoms with Crippen molar-refractivity contribution in [2.24, 2.45) is 0 Å². The average molecular weight is 306 g/mol. The molecule has 118 valence electrons. The minimum absolute atomic E-state index is 0.0691. The topological polar surface area (TPSA) is 108 Å². The number of carbonyl (C=O) groups excluding carboxylic acids is 1. The largest absolute Gasteiger partial charge is 0.478 e. The molecule has 0 aromatic carbocycles. The van der Waals surface area contributed by atoms with Crippen LogP contribution in [0.4, 0.5) is 5.69 Å². The molecular formula is C14H18N4O4. The highest BCUT2D eigenvalue weighted by Crippen LogP contribution is 2.18. The van der Waals surface area contributed by atoms with Crippen LogP contribution in [0.3, 0.4) is 0 Å². The minimum Gasteiger partial charge on any atom is -0.478 e. The fourth-order valence-electron chi connectivity index (χ4n) is 1.96. The van der Waals surface area contributed by atoms with E-state index in [1.54, 1.807) is 13.2 Å². The Balaban J connectivity index is 2.49. The van der Waals surface area contributed by atoms with Gasteiger partial charge in [0.2, 0.25) is 0 Å². The summed E-state index contributed by atoms with van der Waals surface area (Å²) in [5, 5.41) is 3.08. The first-order valence-electron chi connectivity index (χ1n) is 6.68. The number of ether oxygens (including phenoxy) is 2. The Morgan fingerprint density at radius 3 is 2.91 bits per heavy atom. The molecule has 0 saturated heterocycles. The van der Waals surface area contributed by atoms with Gasteiger partial charge >= 0.3 is 0 Å². The quantitative estimate of drug-likeness (QED) is 0.762. The van der Waals surface area contributed by atoms with Crippen LogP contribution in [0.15, 0.2) is 23.1 Å². The standard InChI is InChI=1S/C14H18N4O4/c1-16-12(19)8-22-11-6-9-5-10(15)7-17-13(9)18(14(11)20)3-4-21-2/h5-7H,3-4,8,15H2,1-2H3,(H,16,19). The molecule has 8 heteroatoms. The molecule has 1 amide bonds. The van der Waals surface area contributed by atoms with Crippen LogP contribution in [-0.2, 0) is 16.1 Å². The van der Waals surface area contributed by atoms with E-state index in [4.69, 9.17) is 15.2 Å². The third-order valence-corrected chi connectivity index (χ3v) is 3.07. The molecule has 2 aromatic heterocycles. The molecule has 0 aliphatic rings. The van der Waals surface area contributed by atoms with E-state index in [-0.39, 0.29) is 23.8 Å². The molecule has 0 fully saturated rings. The number of hydrogen-bond donors (Lipinski definition) is 2. The fourth-order valence-corrected chi connectivity index (χ4v) is 1.96. The van der Waals surface area contributed by atoms with E-state index < -0.39 is 0 Å². The van der Waals surface area contributed by atoms with Gasteiger partial charge in [-0.1, -0.05) is 0 Å². The number of aromatic nitrogens is 2. The van der Waals surface area contributed by atoms with Crippen LogP contribution >= 0.6 is 0 Å². The summed E-state index contributed by atoms with van der Waals surface area (Å²) in [6.07, 6.45) is 1.48. The Labute approximate surface area is 126 Å². The van der Waals surface area contributed by atoms with Crippen LogP contribution in [0.2, 0.25) is 0 Å². The van der Waals surface area contributed by atoms with Crippen LogP contribution in [0.5, 0.6) is 5.75 Å². The van der Waals surface area contributed by atoms with Crippen molar-refractivity contribution in [3.8, 4) is 5.75 Å². The SMILES string of the molecule is CNC(=O)COc1cc2cc(N)cnc2n(CCOC)c1=O. The second kappa shape index (κ2) is 6.90. The monoisotopic (exact) mass is 306 g/mol. The Kier molecular flexibility index (Phi) is 4.95. The van der Waals surface area contributed by atoms with Gasteiger partial charge in [-0.25, -0.2) is 4.98 Å². The molecular weight excluding hydrogens is 288 g/mol. The second-order valence-electron chi connectivity index (χ2n) is 4.60. The lowest BCUT2D eigenvalue weighted by molar-refractivity contribution is -0.122. The average Bonchev–Trinajstić information content (AvgIpc) is 2.52. The molecule has 3 N–H and O–H groups in total. The van der Waals surface area contributed by atoms with Crippen molar-refractivity contribution >= 4 is 22.6 Å². The van der Waals surface area contributed by atoms with E-state index in [9.17, 15) is 9.59 Å². The van der Waals surface area contributed by atoms with Gasteiger partial charge in [-0.05, 0) is 12.1 Å². The van der Waals surface area contributed by atoms with Crippen LogP contribution in [-0.4, -0.2) is 42.8 Å². The molecule has 0 aliphatic carbocycles.